The standard InChI is InChI=1S/C13H20N2O4S/c1-9-6-7-11(10(2)8-9)20(17,18)15-14-12(16)19-13(3,4)5/h6-8,15H,1-5H3,(H,14,16). The molecule has 0 saturated carbocycles. The Hall–Kier alpha value is -1.60. The van der Waals surface area contributed by atoms with E-state index in [-0.39, 0.29) is 4.90 Å². The third-order valence-electron chi connectivity index (χ3n) is 2.31. The predicted molar refractivity (Wildman–Crippen MR) is 75.6 cm³/mol. The molecule has 1 rings (SSSR count). The lowest BCUT2D eigenvalue weighted by Crippen LogP contribution is -2.44. The first-order chi connectivity index (χ1) is 9.01. The zero-order valence-corrected chi connectivity index (χ0v) is 13.1. The molecule has 1 aromatic carbocycles. The number of hydrogen-bond acceptors (Lipinski definition) is 4. The van der Waals surface area contributed by atoms with Crippen molar-refractivity contribution >= 4 is 16.1 Å². The van der Waals surface area contributed by atoms with Gasteiger partial charge in [-0.1, -0.05) is 17.7 Å². The second kappa shape index (κ2) is 5.80. The number of benzene rings is 1. The normalized spacial score (nSPS) is 12.1. The summed E-state index contributed by atoms with van der Waals surface area (Å²) in [4.78, 5) is 13.5. The summed E-state index contributed by atoms with van der Waals surface area (Å²) in [6.07, 6.45) is -0.856. The van der Waals surface area contributed by atoms with Crippen LogP contribution < -0.4 is 10.3 Å². The molecule has 0 spiro atoms. The first-order valence-corrected chi connectivity index (χ1v) is 7.58. The molecule has 2 N–H and O–H groups in total. The molecule has 6 nitrogen and oxygen atoms in total. The Balaban J connectivity index is 2.78. The number of ether oxygens (including phenoxy) is 1. The van der Waals surface area contributed by atoms with Gasteiger partial charge in [-0.25, -0.2) is 18.6 Å². The van der Waals surface area contributed by atoms with Crippen LogP contribution in [0.15, 0.2) is 23.1 Å². The van der Waals surface area contributed by atoms with Crippen molar-refractivity contribution in [2.24, 2.45) is 0 Å². The maximum absolute atomic E-state index is 12.1. The lowest BCUT2D eigenvalue weighted by atomic mass is 10.2. The number of carbonyl (C=O) groups excluding carboxylic acids is 1. The average Bonchev–Trinajstić information content (AvgIpc) is 2.23. The van der Waals surface area contributed by atoms with E-state index in [2.05, 4.69) is 0 Å². The van der Waals surface area contributed by atoms with Crippen molar-refractivity contribution in [3.63, 3.8) is 0 Å². The molecule has 0 saturated heterocycles. The molecule has 0 radical (unpaired) electrons. The predicted octanol–water partition coefficient (Wildman–Crippen LogP) is 2.02. The van der Waals surface area contributed by atoms with Crippen LogP contribution in [0, 0.1) is 13.8 Å². The summed E-state index contributed by atoms with van der Waals surface area (Å²) in [5.41, 5.74) is 2.88. The fraction of sp³-hybridized carbons (Fsp3) is 0.462. The topological polar surface area (TPSA) is 84.5 Å². The molecular formula is C13H20N2O4S. The third kappa shape index (κ3) is 4.82. The van der Waals surface area contributed by atoms with Crippen LogP contribution in [0.2, 0.25) is 0 Å². The molecule has 0 unspecified atom stereocenters. The highest BCUT2D eigenvalue weighted by Crippen LogP contribution is 2.15. The number of hydrazine groups is 1. The molecule has 0 fully saturated rings. The van der Waals surface area contributed by atoms with Crippen LogP contribution in [0.5, 0.6) is 0 Å². The Labute approximate surface area is 119 Å². The van der Waals surface area contributed by atoms with Gasteiger partial charge in [-0.3, -0.25) is 0 Å². The van der Waals surface area contributed by atoms with E-state index in [1.165, 1.54) is 6.07 Å². The van der Waals surface area contributed by atoms with Crippen molar-refractivity contribution in [3.05, 3.63) is 29.3 Å². The monoisotopic (exact) mass is 300 g/mol. The van der Waals surface area contributed by atoms with E-state index in [0.717, 1.165) is 5.56 Å². The number of nitrogens with one attached hydrogen (secondary N) is 2. The molecule has 0 aliphatic carbocycles. The maximum Gasteiger partial charge on any atom is 0.423 e. The Morgan fingerprint density at radius 2 is 1.80 bits per heavy atom. The Morgan fingerprint density at radius 1 is 1.20 bits per heavy atom. The summed E-state index contributed by atoms with van der Waals surface area (Å²) in [5, 5.41) is 0. The number of hydrogen-bond donors (Lipinski definition) is 2. The fourth-order valence-corrected chi connectivity index (χ4v) is 2.63. The molecule has 0 heterocycles. The SMILES string of the molecule is Cc1ccc(S(=O)(=O)NNC(=O)OC(C)(C)C)c(C)c1. The van der Waals surface area contributed by atoms with Crippen LogP contribution in [-0.2, 0) is 14.8 Å². The summed E-state index contributed by atoms with van der Waals surface area (Å²) in [6, 6.07) is 4.93. The van der Waals surface area contributed by atoms with E-state index in [1.54, 1.807) is 39.8 Å². The summed E-state index contributed by atoms with van der Waals surface area (Å²) in [5.74, 6) is 0. The first kappa shape index (κ1) is 16.5. The minimum atomic E-state index is -3.82. The van der Waals surface area contributed by atoms with Gasteiger partial charge in [0, 0.05) is 0 Å². The molecule has 0 atom stereocenters. The van der Waals surface area contributed by atoms with Crippen molar-refractivity contribution < 1.29 is 17.9 Å². The molecule has 20 heavy (non-hydrogen) atoms. The van der Waals surface area contributed by atoms with Crippen LogP contribution in [0.4, 0.5) is 4.79 Å². The van der Waals surface area contributed by atoms with E-state index < -0.39 is 21.7 Å². The van der Waals surface area contributed by atoms with Crippen molar-refractivity contribution in [2.45, 2.75) is 45.1 Å². The van der Waals surface area contributed by atoms with E-state index >= 15 is 0 Å². The van der Waals surface area contributed by atoms with Crippen molar-refractivity contribution in [1.82, 2.24) is 10.3 Å². The van der Waals surface area contributed by atoms with Crippen LogP contribution in [0.1, 0.15) is 31.9 Å². The van der Waals surface area contributed by atoms with Gasteiger partial charge in [-0.15, -0.1) is 4.83 Å². The summed E-state index contributed by atoms with van der Waals surface area (Å²) in [7, 11) is -3.82. The highest BCUT2D eigenvalue weighted by molar-refractivity contribution is 7.89. The van der Waals surface area contributed by atoms with Gasteiger partial charge in [-0.05, 0) is 46.2 Å². The minimum absolute atomic E-state index is 0.110. The van der Waals surface area contributed by atoms with Gasteiger partial charge >= 0.3 is 6.09 Å². The molecular weight excluding hydrogens is 280 g/mol. The Morgan fingerprint density at radius 3 is 2.30 bits per heavy atom. The first-order valence-electron chi connectivity index (χ1n) is 6.09. The summed E-state index contributed by atoms with van der Waals surface area (Å²) in [6.45, 7) is 8.62. The number of rotatable bonds is 3. The van der Waals surface area contributed by atoms with Crippen molar-refractivity contribution in [3.8, 4) is 0 Å². The van der Waals surface area contributed by atoms with Gasteiger partial charge in [-0.2, -0.15) is 0 Å². The summed E-state index contributed by atoms with van der Waals surface area (Å²) >= 11 is 0. The smallest absolute Gasteiger partial charge is 0.423 e. The molecule has 0 bridgehead atoms. The van der Waals surface area contributed by atoms with Crippen LogP contribution in [0.25, 0.3) is 0 Å². The molecule has 112 valence electrons. The van der Waals surface area contributed by atoms with Gasteiger partial charge in [0.1, 0.15) is 5.60 Å². The van der Waals surface area contributed by atoms with Gasteiger partial charge < -0.3 is 4.74 Å². The van der Waals surface area contributed by atoms with E-state index in [9.17, 15) is 13.2 Å². The van der Waals surface area contributed by atoms with Crippen molar-refractivity contribution in [1.29, 1.82) is 0 Å². The third-order valence-corrected chi connectivity index (χ3v) is 3.71. The number of amides is 1. The molecule has 7 heteroatoms. The largest absolute Gasteiger partial charge is 0.443 e. The van der Waals surface area contributed by atoms with Crippen LogP contribution >= 0.6 is 0 Å². The molecule has 1 amide bonds. The van der Waals surface area contributed by atoms with Crippen molar-refractivity contribution in [2.75, 3.05) is 0 Å². The second-order valence-corrected chi connectivity index (χ2v) is 7.15. The molecule has 0 aliphatic rings. The van der Waals surface area contributed by atoms with E-state index in [0.29, 0.717) is 5.56 Å². The van der Waals surface area contributed by atoms with Crippen LogP contribution in [-0.4, -0.2) is 20.1 Å². The molecule has 1 aromatic rings. The van der Waals surface area contributed by atoms with Gasteiger partial charge in [0.2, 0.25) is 0 Å². The van der Waals surface area contributed by atoms with Gasteiger partial charge in [0.25, 0.3) is 10.0 Å². The van der Waals surface area contributed by atoms with Gasteiger partial charge in [0.15, 0.2) is 0 Å². The lowest BCUT2D eigenvalue weighted by molar-refractivity contribution is 0.0515. The van der Waals surface area contributed by atoms with E-state index in [4.69, 9.17) is 4.74 Å². The lowest BCUT2D eigenvalue weighted by Gasteiger charge is -2.20. The number of carbonyl (C=O) groups is 1. The molecule has 0 aliphatic heterocycles. The van der Waals surface area contributed by atoms with E-state index in [1.807, 2.05) is 17.2 Å². The van der Waals surface area contributed by atoms with Gasteiger partial charge in [0.05, 0.1) is 4.90 Å². The number of aryl methyl sites for hydroxylation is 2. The van der Waals surface area contributed by atoms with Crippen LogP contribution in [0.3, 0.4) is 0 Å². The molecule has 0 aromatic heterocycles. The fourth-order valence-electron chi connectivity index (χ4n) is 1.57. The number of sulfonamides is 1. The zero-order valence-electron chi connectivity index (χ0n) is 12.3. The Bertz CT molecular complexity index is 603. The minimum Gasteiger partial charge on any atom is -0.443 e. The quantitative estimate of drug-likeness (QED) is 0.836. The second-order valence-electron chi connectivity index (χ2n) is 5.50. The Kier molecular flexibility index (Phi) is 4.77. The summed E-state index contributed by atoms with van der Waals surface area (Å²) < 4.78 is 29.0. The maximum atomic E-state index is 12.1. The zero-order chi connectivity index (χ0) is 15.6. The highest BCUT2D eigenvalue weighted by Gasteiger charge is 2.20. The average molecular weight is 300 g/mol. The highest BCUT2D eigenvalue weighted by atomic mass is 32.2.